The molecular formula is C49H31N3S. The second kappa shape index (κ2) is 13.1. The molecule has 0 radical (unpaired) electrons. The molecule has 2 aromatic heterocycles. The first-order chi connectivity index (χ1) is 26.2. The Balaban J connectivity index is 1.15. The van der Waals surface area contributed by atoms with Gasteiger partial charge in [0.15, 0.2) is 17.5 Å². The summed E-state index contributed by atoms with van der Waals surface area (Å²) in [5.41, 5.74) is 9.75. The van der Waals surface area contributed by atoms with Gasteiger partial charge in [0, 0.05) is 36.9 Å². The molecule has 0 aliphatic carbocycles. The molecule has 0 unspecified atom stereocenters. The summed E-state index contributed by atoms with van der Waals surface area (Å²) >= 11 is 1.81. The lowest BCUT2D eigenvalue weighted by atomic mass is 9.97. The van der Waals surface area contributed by atoms with E-state index in [1.54, 1.807) is 0 Å². The van der Waals surface area contributed by atoms with Crippen LogP contribution in [0.25, 0.3) is 98.5 Å². The highest BCUT2D eigenvalue weighted by atomic mass is 32.1. The van der Waals surface area contributed by atoms with Crippen LogP contribution in [0.4, 0.5) is 0 Å². The second-order valence-corrected chi connectivity index (χ2v) is 14.3. The minimum absolute atomic E-state index is 0.637. The summed E-state index contributed by atoms with van der Waals surface area (Å²) in [6.07, 6.45) is 0. The summed E-state index contributed by atoms with van der Waals surface area (Å²) in [7, 11) is 0. The van der Waals surface area contributed by atoms with E-state index in [2.05, 4.69) is 182 Å². The third kappa shape index (κ3) is 5.85. The number of aromatic nitrogens is 3. The number of rotatable bonds is 6. The normalized spacial score (nSPS) is 11.4. The van der Waals surface area contributed by atoms with Gasteiger partial charge >= 0.3 is 0 Å². The summed E-state index contributed by atoms with van der Waals surface area (Å²) in [5, 5.41) is 4.98. The van der Waals surface area contributed by atoms with Gasteiger partial charge < -0.3 is 0 Å². The topological polar surface area (TPSA) is 38.7 Å². The molecule has 0 spiro atoms. The van der Waals surface area contributed by atoms with Crippen molar-refractivity contribution in [2.75, 3.05) is 0 Å². The molecule has 0 atom stereocenters. The molecule has 0 aliphatic rings. The monoisotopic (exact) mass is 693 g/mol. The Kier molecular flexibility index (Phi) is 7.67. The zero-order valence-electron chi connectivity index (χ0n) is 28.6. The standard InChI is InChI=1S/C49H31N3S/c1-3-12-32(13-4-1)38-18-11-19-40(29-38)48-50-47(36-25-22-34(23-26-36)39-27-24-33-14-7-8-17-37(33)28-39)51-49(52-48)41-30-43(35-15-5-2-6-16-35)46-42-20-9-10-21-44(42)53-45(46)31-41/h1-31H. The van der Waals surface area contributed by atoms with Crippen LogP contribution in [0.15, 0.2) is 188 Å². The van der Waals surface area contributed by atoms with Crippen LogP contribution in [0.2, 0.25) is 0 Å². The Hall–Kier alpha value is -6.75. The molecule has 248 valence electrons. The zero-order valence-corrected chi connectivity index (χ0v) is 29.5. The molecule has 0 bridgehead atoms. The van der Waals surface area contributed by atoms with E-state index in [-0.39, 0.29) is 0 Å². The lowest BCUT2D eigenvalue weighted by Crippen LogP contribution is -2.00. The highest BCUT2D eigenvalue weighted by molar-refractivity contribution is 7.26. The van der Waals surface area contributed by atoms with E-state index in [1.165, 1.54) is 42.1 Å². The molecule has 0 saturated heterocycles. The largest absolute Gasteiger partial charge is 0.208 e. The van der Waals surface area contributed by atoms with E-state index in [4.69, 9.17) is 15.0 Å². The third-order valence-electron chi connectivity index (χ3n) is 9.91. The number of nitrogens with zero attached hydrogens (tertiary/aromatic N) is 3. The Morgan fingerprint density at radius 1 is 0.302 bits per heavy atom. The lowest BCUT2D eigenvalue weighted by Gasteiger charge is -2.12. The van der Waals surface area contributed by atoms with Gasteiger partial charge in [-0.3, -0.25) is 0 Å². The smallest absolute Gasteiger partial charge is 0.164 e. The van der Waals surface area contributed by atoms with Crippen molar-refractivity contribution >= 4 is 42.3 Å². The van der Waals surface area contributed by atoms with E-state index >= 15 is 0 Å². The number of fused-ring (bicyclic) bond motifs is 4. The summed E-state index contributed by atoms with van der Waals surface area (Å²) < 4.78 is 2.47. The molecule has 0 N–H and O–H groups in total. The van der Waals surface area contributed by atoms with Crippen molar-refractivity contribution in [3.05, 3.63) is 188 Å². The van der Waals surface area contributed by atoms with Crippen molar-refractivity contribution in [1.82, 2.24) is 15.0 Å². The van der Waals surface area contributed by atoms with Gasteiger partial charge in [-0.2, -0.15) is 0 Å². The third-order valence-corrected chi connectivity index (χ3v) is 11.0. The van der Waals surface area contributed by atoms with Gasteiger partial charge in [0.05, 0.1) is 0 Å². The number of benzene rings is 8. The molecule has 0 saturated carbocycles. The molecule has 2 heterocycles. The van der Waals surface area contributed by atoms with E-state index in [1.807, 2.05) is 17.4 Å². The first-order valence-electron chi connectivity index (χ1n) is 17.8. The fourth-order valence-corrected chi connectivity index (χ4v) is 8.41. The fraction of sp³-hybridized carbons (Fsp3) is 0. The molecular weight excluding hydrogens is 663 g/mol. The van der Waals surface area contributed by atoms with Crippen LogP contribution in [-0.4, -0.2) is 15.0 Å². The molecule has 3 nitrogen and oxygen atoms in total. The molecule has 8 aromatic carbocycles. The van der Waals surface area contributed by atoms with Gasteiger partial charge in [-0.15, -0.1) is 11.3 Å². The minimum Gasteiger partial charge on any atom is -0.208 e. The number of hydrogen-bond donors (Lipinski definition) is 0. The van der Waals surface area contributed by atoms with Gasteiger partial charge in [0.2, 0.25) is 0 Å². The maximum atomic E-state index is 5.21. The van der Waals surface area contributed by atoms with Crippen molar-refractivity contribution in [2.24, 2.45) is 0 Å². The Bertz CT molecular complexity index is 2930. The lowest BCUT2D eigenvalue weighted by molar-refractivity contribution is 1.07. The van der Waals surface area contributed by atoms with Crippen LogP contribution in [0.5, 0.6) is 0 Å². The second-order valence-electron chi connectivity index (χ2n) is 13.3. The van der Waals surface area contributed by atoms with Crippen LogP contribution in [0, 0.1) is 0 Å². The van der Waals surface area contributed by atoms with Gasteiger partial charge in [0.25, 0.3) is 0 Å². The Morgan fingerprint density at radius 3 is 1.64 bits per heavy atom. The minimum atomic E-state index is 0.637. The average molecular weight is 694 g/mol. The highest BCUT2D eigenvalue weighted by Crippen LogP contribution is 2.43. The summed E-state index contributed by atoms with van der Waals surface area (Å²) in [4.78, 5) is 15.5. The Morgan fingerprint density at radius 2 is 0.849 bits per heavy atom. The molecule has 0 fully saturated rings. The van der Waals surface area contributed by atoms with Crippen molar-refractivity contribution in [1.29, 1.82) is 0 Å². The van der Waals surface area contributed by atoms with Crippen molar-refractivity contribution in [2.45, 2.75) is 0 Å². The number of hydrogen-bond acceptors (Lipinski definition) is 4. The van der Waals surface area contributed by atoms with Crippen LogP contribution in [0.1, 0.15) is 0 Å². The van der Waals surface area contributed by atoms with Gasteiger partial charge in [0.1, 0.15) is 0 Å². The molecule has 53 heavy (non-hydrogen) atoms. The molecule has 0 aliphatic heterocycles. The van der Waals surface area contributed by atoms with E-state index in [0.29, 0.717) is 17.5 Å². The first-order valence-corrected chi connectivity index (χ1v) is 18.6. The van der Waals surface area contributed by atoms with Gasteiger partial charge in [-0.05, 0) is 74.5 Å². The average Bonchev–Trinajstić information content (AvgIpc) is 3.62. The van der Waals surface area contributed by atoms with Crippen LogP contribution in [-0.2, 0) is 0 Å². The predicted molar refractivity (Wildman–Crippen MR) is 223 cm³/mol. The van der Waals surface area contributed by atoms with Crippen molar-refractivity contribution in [3.63, 3.8) is 0 Å². The Labute approximate surface area is 311 Å². The fourth-order valence-electron chi connectivity index (χ4n) is 7.24. The van der Waals surface area contributed by atoms with Crippen LogP contribution < -0.4 is 0 Å². The van der Waals surface area contributed by atoms with Gasteiger partial charge in [-0.1, -0.05) is 158 Å². The SMILES string of the molecule is c1ccc(-c2cccc(-c3nc(-c4ccc(-c5ccc6ccccc6c5)cc4)nc(-c4cc(-c5ccccc5)c5c(c4)sc4ccccc45)n3)c2)cc1. The maximum absolute atomic E-state index is 5.21. The first kappa shape index (κ1) is 31.0. The van der Waals surface area contributed by atoms with Crippen LogP contribution in [0.3, 0.4) is 0 Å². The number of thiophene rings is 1. The quantitative estimate of drug-likeness (QED) is 0.174. The highest BCUT2D eigenvalue weighted by Gasteiger charge is 2.18. The predicted octanol–water partition coefficient (Wildman–Crippen LogP) is 13.4. The zero-order chi connectivity index (χ0) is 35.1. The molecule has 4 heteroatoms. The molecule has 10 rings (SSSR count). The van der Waals surface area contributed by atoms with E-state index in [9.17, 15) is 0 Å². The van der Waals surface area contributed by atoms with E-state index in [0.717, 1.165) is 38.9 Å². The maximum Gasteiger partial charge on any atom is 0.164 e. The van der Waals surface area contributed by atoms with Crippen molar-refractivity contribution < 1.29 is 0 Å². The summed E-state index contributed by atoms with van der Waals surface area (Å²) in [5.74, 6) is 1.92. The van der Waals surface area contributed by atoms with Crippen molar-refractivity contribution in [3.8, 4) is 67.5 Å². The van der Waals surface area contributed by atoms with Gasteiger partial charge in [-0.25, -0.2) is 15.0 Å². The van der Waals surface area contributed by atoms with E-state index < -0.39 is 0 Å². The molecule has 0 amide bonds. The molecule has 10 aromatic rings. The summed E-state index contributed by atoms with van der Waals surface area (Å²) in [6.45, 7) is 0. The van der Waals surface area contributed by atoms with Crippen LogP contribution >= 0.6 is 11.3 Å². The summed E-state index contributed by atoms with van der Waals surface area (Å²) in [6, 6.07) is 66.4.